The lowest BCUT2D eigenvalue weighted by Crippen LogP contribution is -2.20. The second-order valence-corrected chi connectivity index (χ2v) is 4.68. The Morgan fingerprint density at radius 2 is 1.80 bits per heavy atom. The Morgan fingerprint density at radius 3 is 2.35 bits per heavy atom. The van der Waals surface area contributed by atoms with Gasteiger partial charge in [-0.3, -0.25) is 0 Å². The fraction of sp³-hybridized carbons (Fsp3) is 0.214. The van der Waals surface area contributed by atoms with E-state index in [1.54, 1.807) is 36.4 Å². The number of benzene rings is 1. The Balaban J connectivity index is 2.20. The molecular formula is C14H12ClF3N2. The molecule has 1 aromatic heterocycles. The maximum Gasteiger partial charge on any atom is 0.391 e. The van der Waals surface area contributed by atoms with Crippen molar-refractivity contribution in [2.45, 2.75) is 18.6 Å². The van der Waals surface area contributed by atoms with Gasteiger partial charge in [0.05, 0.1) is 24.3 Å². The molecule has 0 bridgehead atoms. The van der Waals surface area contributed by atoms with E-state index in [1.165, 1.54) is 12.3 Å². The molecule has 2 nitrogen and oxygen atoms in total. The molecule has 0 amide bonds. The lowest BCUT2D eigenvalue weighted by atomic mass is 10.0. The first-order valence-electron chi connectivity index (χ1n) is 5.94. The smallest absolute Gasteiger partial charge is 0.377 e. The molecule has 0 aliphatic carbocycles. The highest BCUT2D eigenvalue weighted by molar-refractivity contribution is 6.29. The summed E-state index contributed by atoms with van der Waals surface area (Å²) in [6.45, 7) is 0. The highest BCUT2D eigenvalue weighted by Crippen LogP contribution is 2.32. The topological polar surface area (TPSA) is 24.9 Å². The number of anilines is 1. The Bertz CT molecular complexity index is 541. The molecule has 0 fully saturated rings. The van der Waals surface area contributed by atoms with E-state index in [1.807, 2.05) is 0 Å². The van der Waals surface area contributed by atoms with Crippen molar-refractivity contribution in [1.82, 2.24) is 4.98 Å². The third kappa shape index (κ3) is 4.42. The van der Waals surface area contributed by atoms with Crippen LogP contribution in [0.1, 0.15) is 18.0 Å². The van der Waals surface area contributed by atoms with Crippen molar-refractivity contribution < 1.29 is 13.2 Å². The zero-order chi connectivity index (χ0) is 14.6. The number of hydrogen-bond acceptors (Lipinski definition) is 2. The van der Waals surface area contributed by atoms with E-state index in [0.717, 1.165) is 0 Å². The number of hydrogen-bond donors (Lipinski definition) is 1. The molecule has 0 saturated carbocycles. The molecule has 0 aliphatic heterocycles. The summed E-state index contributed by atoms with van der Waals surface area (Å²) in [5.41, 5.74) is 1.06. The first-order chi connectivity index (χ1) is 9.44. The molecule has 2 aromatic rings. The van der Waals surface area contributed by atoms with Crippen LogP contribution in [-0.4, -0.2) is 11.2 Å². The molecule has 2 rings (SSSR count). The van der Waals surface area contributed by atoms with Gasteiger partial charge in [-0.25, -0.2) is 4.98 Å². The predicted octanol–water partition coefficient (Wildman–Crippen LogP) is 4.84. The third-order valence-corrected chi connectivity index (χ3v) is 2.93. The van der Waals surface area contributed by atoms with Crippen molar-refractivity contribution in [1.29, 1.82) is 0 Å². The van der Waals surface area contributed by atoms with Crippen LogP contribution in [0.3, 0.4) is 0 Å². The Labute approximate surface area is 119 Å². The zero-order valence-corrected chi connectivity index (χ0v) is 11.1. The van der Waals surface area contributed by atoms with Crippen LogP contribution in [0.15, 0.2) is 48.7 Å². The molecule has 1 atom stereocenters. The molecule has 1 aromatic carbocycles. The van der Waals surface area contributed by atoms with Crippen molar-refractivity contribution in [2.24, 2.45) is 0 Å². The zero-order valence-electron chi connectivity index (χ0n) is 10.4. The maximum absolute atomic E-state index is 12.7. The summed E-state index contributed by atoms with van der Waals surface area (Å²) in [4.78, 5) is 3.84. The Kier molecular flexibility index (Phi) is 4.49. The third-order valence-electron chi connectivity index (χ3n) is 2.71. The number of halogens is 4. The van der Waals surface area contributed by atoms with Gasteiger partial charge >= 0.3 is 6.18 Å². The summed E-state index contributed by atoms with van der Waals surface area (Å²) in [7, 11) is 0. The molecule has 0 spiro atoms. The van der Waals surface area contributed by atoms with Gasteiger partial charge in [-0.15, -0.1) is 0 Å². The van der Waals surface area contributed by atoms with E-state index in [2.05, 4.69) is 10.3 Å². The van der Waals surface area contributed by atoms with Gasteiger partial charge in [0.25, 0.3) is 0 Å². The summed E-state index contributed by atoms with van der Waals surface area (Å²) >= 11 is 5.65. The first kappa shape index (κ1) is 14.7. The number of alkyl halides is 3. The minimum Gasteiger partial charge on any atom is -0.377 e. The standard InChI is InChI=1S/C14H12ClF3N2/c15-13-7-6-11(9-19-13)20-12(8-14(16,17)18)10-4-2-1-3-5-10/h1-7,9,12,20H,8H2. The highest BCUT2D eigenvalue weighted by Gasteiger charge is 2.32. The SMILES string of the molecule is FC(F)(F)CC(Nc1ccc(Cl)nc1)c1ccccc1. The monoisotopic (exact) mass is 300 g/mol. The van der Waals surface area contributed by atoms with Crippen molar-refractivity contribution in [2.75, 3.05) is 5.32 Å². The number of nitrogens with zero attached hydrogens (tertiary/aromatic N) is 1. The number of aromatic nitrogens is 1. The van der Waals surface area contributed by atoms with Crippen LogP contribution in [0.2, 0.25) is 5.15 Å². The molecule has 106 valence electrons. The van der Waals surface area contributed by atoms with Crippen LogP contribution < -0.4 is 5.32 Å². The average Bonchev–Trinajstić information content (AvgIpc) is 2.40. The van der Waals surface area contributed by atoms with E-state index in [9.17, 15) is 13.2 Å². The van der Waals surface area contributed by atoms with Gasteiger partial charge < -0.3 is 5.32 Å². The quantitative estimate of drug-likeness (QED) is 0.817. The highest BCUT2D eigenvalue weighted by atomic mass is 35.5. The largest absolute Gasteiger partial charge is 0.391 e. The Hall–Kier alpha value is -1.75. The molecule has 0 aliphatic rings. The fourth-order valence-electron chi connectivity index (χ4n) is 1.83. The summed E-state index contributed by atoms with van der Waals surface area (Å²) in [6, 6.07) is 10.8. The second kappa shape index (κ2) is 6.13. The molecule has 1 unspecified atom stereocenters. The van der Waals surface area contributed by atoms with E-state index < -0.39 is 18.6 Å². The summed E-state index contributed by atoms with van der Waals surface area (Å²) in [6.07, 6.45) is -3.80. The second-order valence-electron chi connectivity index (χ2n) is 4.30. The number of rotatable bonds is 4. The van der Waals surface area contributed by atoms with E-state index in [-0.39, 0.29) is 0 Å². The lowest BCUT2D eigenvalue weighted by Gasteiger charge is -2.21. The number of pyridine rings is 1. The maximum atomic E-state index is 12.7. The van der Waals surface area contributed by atoms with Gasteiger partial charge in [0.1, 0.15) is 5.15 Å². The van der Waals surface area contributed by atoms with E-state index >= 15 is 0 Å². The summed E-state index contributed by atoms with van der Waals surface area (Å²) in [5, 5.41) is 3.13. The van der Waals surface area contributed by atoms with Crippen molar-refractivity contribution in [3.63, 3.8) is 0 Å². The van der Waals surface area contributed by atoms with Crippen LogP contribution in [0.4, 0.5) is 18.9 Å². The fourth-order valence-corrected chi connectivity index (χ4v) is 1.94. The molecule has 6 heteroatoms. The van der Waals surface area contributed by atoms with E-state index in [0.29, 0.717) is 16.4 Å². The molecule has 0 radical (unpaired) electrons. The average molecular weight is 301 g/mol. The van der Waals surface area contributed by atoms with Gasteiger partial charge in [0, 0.05) is 0 Å². The van der Waals surface area contributed by atoms with Gasteiger partial charge in [-0.2, -0.15) is 13.2 Å². The van der Waals surface area contributed by atoms with Crippen LogP contribution in [0.5, 0.6) is 0 Å². The van der Waals surface area contributed by atoms with Crippen LogP contribution in [-0.2, 0) is 0 Å². The normalized spacial score (nSPS) is 13.0. The molecule has 1 N–H and O–H groups in total. The van der Waals surface area contributed by atoms with E-state index in [4.69, 9.17) is 11.6 Å². The van der Waals surface area contributed by atoms with Crippen LogP contribution >= 0.6 is 11.6 Å². The molecule has 20 heavy (non-hydrogen) atoms. The van der Waals surface area contributed by atoms with Crippen molar-refractivity contribution in [3.8, 4) is 0 Å². The Morgan fingerprint density at radius 1 is 1.10 bits per heavy atom. The minimum absolute atomic E-state index is 0.294. The summed E-state index contributed by atoms with van der Waals surface area (Å²) in [5.74, 6) is 0. The molecule has 0 saturated heterocycles. The minimum atomic E-state index is -4.26. The van der Waals surface area contributed by atoms with Gasteiger partial charge in [0.15, 0.2) is 0 Å². The van der Waals surface area contributed by atoms with Crippen molar-refractivity contribution >= 4 is 17.3 Å². The molecule has 1 heterocycles. The predicted molar refractivity (Wildman–Crippen MR) is 72.7 cm³/mol. The van der Waals surface area contributed by atoms with Gasteiger partial charge in [0.2, 0.25) is 0 Å². The lowest BCUT2D eigenvalue weighted by molar-refractivity contribution is -0.137. The molecular weight excluding hydrogens is 289 g/mol. The van der Waals surface area contributed by atoms with Crippen LogP contribution in [0, 0.1) is 0 Å². The number of nitrogens with one attached hydrogen (secondary N) is 1. The van der Waals surface area contributed by atoms with Crippen LogP contribution in [0.25, 0.3) is 0 Å². The summed E-state index contributed by atoms with van der Waals surface area (Å²) < 4.78 is 38.0. The van der Waals surface area contributed by atoms with Crippen molar-refractivity contribution in [3.05, 3.63) is 59.4 Å². The van der Waals surface area contributed by atoms with Gasteiger partial charge in [-0.05, 0) is 17.7 Å². The first-order valence-corrected chi connectivity index (χ1v) is 6.31. The van der Waals surface area contributed by atoms with Gasteiger partial charge in [-0.1, -0.05) is 41.9 Å².